The zero-order chi connectivity index (χ0) is 10.4. The van der Waals surface area contributed by atoms with Crippen molar-refractivity contribution in [3.8, 4) is 0 Å². The van der Waals surface area contributed by atoms with E-state index in [-0.39, 0.29) is 0 Å². The molecule has 84 valence electrons. The van der Waals surface area contributed by atoms with E-state index >= 15 is 0 Å². The fourth-order valence-corrected chi connectivity index (χ4v) is 1.86. The molecule has 1 rings (SSSR count). The zero-order valence-corrected chi connectivity index (χ0v) is 9.75. The van der Waals surface area contributed by atoms with E-state index in [9.17, 15) is 0 Å². The lowest BCUT2D eigenvalue weighted by Gasteiger charge is -2.31. The van der Waals surface area contributed by atoms with Crippen molar-refractivity contribution in [1.29, 1.82) is 0 Å². The molecule has 0 spiro atoms. The summed E-state index contributed by atoms with van der Waals surface area (Å²) in [5.74, 6) is 0. The number of hydrogen-bond donors (Lipinski definition) is 1. The molecule has 1 saturated heterocycles. The third-order valence-corrected chi connectivity index (χ3v) is 2.93. The maximum atomic E-state index is 5.50. The van der Waals surface area contributed by atoms with Gasteiger partial charge in [-0.15, -0.1) is 0 Å². The number of ether oxygens (including phenoxy) is 1. The average Bonchev–Trinajstić information content (AvgIpc) is 2.17. The molecule has 14 heavy (non-hydrogen) atoms. The van der Waals surface area contributed by atoms with E-state index in [1.165, 1.54) is 19.4 Å². The highest BCUT2D eigenvalue weighted by atomic mass is 16.5. The van der Waals surface area contributed by atoms with Crippen LogP contribution in [0.1, 0.15) is 26.7 Å². The second-order valence-corrected chi connectivity index (χ2v) is 4.31. The van der Waals surface area contributed by atoms with Crippen LogP contribution in [0.15, 0.2) is 0 Å². The normalized spacial score (nSPS) is 26.4. The molecule has 0 aliphatic carbocycles. The lowest BCUT2D eigenvalue weighted by atomic mass is 10.1. The molecule has 3 heteroatoms. The molecule has 1 heterocycles. The van der Waals surface area contributed by atoms with Gasteiger partial charge in [0.1, 0.15) is 0 Å². The van der Waals surface area contributed by atoms with Crippen LogP contribution in [0.4, 0.5) is 0 Å². The Labute approximate surface area is 87.8 Å². The molecule has 2 unspecified atom stereocenters. The summed E-state index contributed by atoms with van der Waals surface area (Å²) in [6.07, 6.45) is 2.97. The molecule has 0 aromatic heterocycles. The molecule has 3 nitrogen and oxygen atoms in total. The Kier molecular flexibility index (Phi) is 5.45. The quantitative estimate of drug-likeness (QED) is 0.719. The maximum absolute atomic E-state index is 5.50. The van der Waals surface area contributed by atoms with Crippen LogP contribution in [0.5, 0.6) is 0 Å². The van der Waals surface area contributed by atoms with Crippen molar-refractivity contribution in [2.75, 3.05) is 33.3 Å². The Morgan fingerprint density at radius 3 is 3.00 bits per heavy atom. The van der Waals surface area contributed by atoms with Crippen molar-refractivity contribution in [3.05, 3.63) is 0 Å². The van der Waals surface area contributed by atoms with Gasteiger partial charge in [-0.05, 0) is 40.3 Å². The Balaban J connectivity index is 2.05. The van der Waals surface area contributed by atoms with Crippen molar-refractivity contribution in [3.63, 3.8) is 0 Å². The summed E-state index contributed by atoms with van der Waals surface area (Å²) in [7, 11) is 2.03. The fraction of sp³-hybridized carbons (Fsp3) is 1.00. The Morgan fingerprint density at radius 1 is 1.57 bits per heavy atom. The first-order valence-electron chi connectivity index (χ1n) is 5.73. The smallest absolute Gasteiger partial charge is 0.0674 e. The predicted molar refractivity (Wildman–Crippen MR) is 59.6 cm³/mol. The lowest BCUT2D eigenvalue weighted by molar-refractivity contribution is -0.0187. The van der Waals surface area contributed by atoms with Crippen molar-refractivity contribution in [2.24, 2.45) is 0 Å². The molecule has 1 fully saturated rings. The van der Waals surface area contributed by atoms with Gasteiger partial charge in [-0.1, -0.05) is 0 Å². The number of morpholine rings is 1. The molecular weight excluding hydrogens is 176 g/mol. The number of rotatable bonds is 5. The van der Waals surface area contributed by atoms with Crippen molar-refractivity contribution >= 4 is 0 Å². The second kappa shape index (κ2) is 6.38. The van der Waals surface area contributed by atoms with Crippen LogP contribution in [-0.2, 0) is 4.74 Å². The standard InChI is InChI=1S/C11H24N2O/c1-10(12-3)5-4-6-13-7-8-14-11(2)9-13/h10-12H,4-9H2,1-3H3. The van der Waals surface area contributed by atoms with Gasteiger partial charge in [0.2, 0.25) is 0 Å². The van der Waals surface area contributed by atoms with Crippen molar-refractivity contribution in [1.82, 2.24) is 10.2 Å². The van der Waals surface area contributed by atoms with E-state index in [2.05, 4.69) is 24.1 Å². The highest BCUT2D eigenvalue weighted by Gasteiger charge is 2.15. The second-order valence-electron chi connectivity index (χ2n) is 4.31. The minimum atomic E-state index is 0.422. The number of hydrogen-bond acceptors (Lipinski definition) is 3. The van der Waals surface area contributed by atoms with Crippen molar-refractivity contribution < 1.29 is 4.74 Å². The summed E-state index contributed by atoms with van der Waals surface area (Å²) in [6.45, 7) is 8.74. The highest BCUT2D eigenvalue weighted by molar-refractivity contribution is 4.68. The van der Waals surface area contributed by atoms with Crippen LogP contribution in [-0.4, -0.2) is 50.3 Å². The van der Waals surface area contributed by atoms with Crippen LogP contribution in [0, 0.1) is 0 Å². The first kappa shape index (κ1) is 12.0. The summed E-state index contributed by atoms with van der Waals surface area (Å²) < 4.78 is 5.50. The molecule has 0 amide bonds. The van der Waals surface area contributed by atoms with Gasteiger partial charge in [0, 0.05) is 19.1 Å². The van der Waals surface area contributed by atoms with Crippen LogP contribution < -0.4 is 5.32 Å². The van der Waals surface area contributed by atoms with Crippen LogP contribution in [0.2, 0.25) is 0 Å². The van der Waals surface area contributed by atoms with Gasteiger partial charge in [-0.3, -0.25) is 4.90 Å². The Bertz CT molecular complexity index is 152. The van der Waals surface area contributed by atoms with Crippen LogP contribution in [0.3, 0.4) is 0 Å². The highest BCUT2D eigenvalue weighted by Crippen LogP contribution is 2.06. The third kappa shape index (κ3) is 4.40. The molecule has 0 aromatic carbocycles. The van der Waals surface area contributed by atoms with E-state index in [1.807, 2.05) is 7.05 Å². The monoisotopic (exact) mass is 200 g/mol. The SMILES string of the molecule is CNC(C)CCCN1CCOC(C)C1. The minimum absolute atomic E-state index is 0.422. The van der Waals surface area contributed by atoms with Crippen molar-refractivity contribution in [2.45, 2.75) is 38.8 Å². The van der Waals surface area contributed by atoms with E-state index in [0.29, 0.717) is 12.1 Å². The van der Waals surface area contributed by atoms with Crippen LogP contribution in [0.25, 0.3) is 0 Å². The molecule has 1 aliphatic heterocycles. The summed E-state index contributed by atoms with van der Waals surface area (Å²) in [6, 6.07) is 0.647. The van der Waals surface area contributed by atoms with Gasteiger partial charge in [0.25, 0.3) is 0 Å². The number of nitrogens with one attached hydrogen (secondary N) is 1. The molecule has 0 aromatic rings. The molecular formula is C11H24N2O. The van der Waals surface area contributed by atoms with Gasteiger partial charge in [0.05, 0.1) is 12.7 Å². The van der Waals surface area contributed by atoms with Gasteiger partial charge < -0.3 is 10.1 Å². The van der Waals surface area contributed by atoms with Gasteiger partial charge in [-0.25, -0.2) is 0 Å². The first-order valence-corrected chi connectivity index (χ1v) is 5.73. The maximum Gasteiger partial charge on any atom is 0.0674 e. The molecule has 0 bridgehead atoms. The van der Waals surface area contributed by atoms with E-state index < -0.39 is 0 Å². The Morgan fingerprint density at radius 2 is 2.36 bits per heavy atom. The van der Waals surface area contributed by atoms with E-state index in [4.69, 9.17) is 4.74 Å². The largest absolute Gasteiger partial charge is 0.376 e. The van der Waals surface area contributed by atoms with Gasteiger partial charge in [0.15, 0.2) is 0 Å². The zero-order valence-electron chi connectivity index (χ0n) is 9.75. The summed E-state index contributed by atoms with van der Waals surface area (Å²) in [5.41, 5.74) is 0. The lowest BCUT2D eigenvalue weighted by Crippen LogP contribution is -2.41. The Hall–Kier alpha value is -0.120. The molecule has 0 saturated carbocycles. The fourth-order valence-electron chi connectivity index (χ4n) is 1.86. The molecule has 1 aliphatic rings. The topological polar surface area (TPSA) is 24.5 Å². The number of nitrogens with zero attached hydrogens (tertiary/aromatic N) is 1. The summed E-state index contributed by atoms with van der Waals surface area (Å²) in [5, 5.41) is 3.27. The van der Waals surface area contributed by atoms with E-state index in [1.54, 1.807) is 0 Å². The average molecular weight is 200 g/mol. The third-order valence-electron chi connectivity index (χ3n) is 2.93. The first-order chi connectivity index (χ1) is 6.72. The van der Waals surface area contributed by atoms with Gasteiger partial charge in [-0.2, -0.15) is 0 Å². The molecule has 2 atom stereocenters. The van der Waals surface area contributed by atoms with Crippen LogP contribution >= 0.6 is 0 Å². The predicted octanol–water partition coefficient (Wildman–Crippen LogP) is 1.10. The molecule has 0 radical (unpaired) electrons. The van der Waals surface area contributed by atoms with E-state index in [0.717, 1.165) is 19.7 Å². The summed E-state index contributed by atoms with van der Waals surface area (Å²) >= 11 is 0. The summed E-state index contributed by atoms with van der Waals surface area (Å²) in [4.78, 5) is 2.51. The molecule has 1 N–H and O–H groups in total. The minimum Gasteiger partial charge on any atom is -0.376 e. The van der Waals surface area contributed by atoms with Gasteiger partial charge >= 0.3 is 0 Å².